The molecule has 0 atom stereocenters. The molecule has 4 aliphatic rings. The Hall–Kier alpha value is -11.3. The number of phenolic OH excluding ortho intramolecular Hbond substituents is 1. The monoisotopic (exact) mass is 1960 g/mol. The fourth-order valence-electron chi connectivity index (χ4n) is 18.7. The van der Waals surface area contributed by atoms with Crippen LogP contribution < -0.4 is 24.3 Å². The average molecular weight is 1970 g/mol. The lowest BCUT2D eigenvalue weighted by atomic mass is 9.87. The molecule has 0 aliphatic carbocycles. The summed E-state index contributed by atoms with van der Waals surface area (Å²) >= 11 is 7.16. The molecule has 716 valence electrons. The van der Waals surface area contributed by atoms with Crippen LogP contribution in [0.2, 0.25) is 0 Å². The maximum atomic E-state index is 12.4. The van der Waals surface area contributed by atoms with Gasteiger partial charge in [-0.2, -0.15) is 0 Å². The lowest BCUT2D eigenvalue weighted by molar-refractivity contribution is -0.143. The molecule has 0 radical (unpaired) electrons. The Morgan fingerprint density at radius 2 is 0.533 bits per heavy atom. The van der Waals surface area contributed by atoms with E-state index in [4.69, 9.17) is 4.74 Å². The molecule has 0 spiro atoms. The molecule has 0 bridgehead atoms. The SMILES string of the molecule is CC(C)N1CCN(c2ccc(/C(=C(/CCCO)c3ccccc3)c3ccc(Br)cc3)cc2)CC1.CC(C)N1CCN(c2ccc(/C(=C(/CCCO)c3ccccc3)c3ccc(O)cc3)cc2)CC1.CN1CCN(c2ccc(/C(=C(/CCCO)c3ccccc3)c3ccc(OC(=O)C(C)(C)C)cc3)cc2)CC1.OCCC/C(=C(\c1ccc(Br)cc1)c1ccc(N2CCCCC2)cc1)c1ccccc1. The van der Waals surface area contributed by atoms with E-state index in [1.807, 2.05) is 69.3 Å². The first-order valence-corrected chi connectivity index (χ1v) is 51.0. The molecule has 4 saturated heterocycles. The van der Waals surface area contributed by atoms with Gasteiger partial charge in [-0.05, 0) is 335 Å². The molecule has 0 unspecified atom stereocenters. The number of aromatic hydroxyl groups is 1. The third kappa shape index (κ3) is 29.4. The van der Waals surface area contributed by atoms with Crippen LogP contribution in [0.3, 0.4) is 0 Å². The molecular weight excluding hydrogens is 1820 g/mol. The molecule has 0 aromatic heterocycles. The number of allylic oxidation sites excluding steroid dienone is 4. The highest BCUT2D eigenvalue weighted by molar-refractivity contribution is 9.10. The first kappa shape index (κ1) is 103. The fraction of sp³-hybridized carbons (Fsp3) is 0.331. The van der Waals surface area contributed by atoms with Crippen LogP contribution in [-0.2, 0) is 4.79 Å². The third-order valence-corrected chi connectivity index (χ3v) is 27.5. The molecule has 137 heavy (non-hydrogen) atoms. The van der Waals surface area contributed by atoms with Crippen molar-refractivity contribution in [3.05, 3.63) is 391 Å². The second kappa shape index (κ2) is 52.5. The number of aliphatic hydroxyl groups is 4. The van der Waals surface area contributed by atoms with Gasteiger partial charge in [-0.1, -0.05) is 250 Å². The largest absolute Gasteiger partial charge is 0.508 e. The van der Waals surface area contributed by atoms with Gasteiger partial charge in [0.25, 0.3) is 0 Å². The summed E-state index contributed by atoms with van der Waals surface area (Å²) < 4.78 is 7.77. The smallest absolute Gasteiger partial charge is 0.316 e. The standard InChI is InChI=1S/C33H40N2O3.C30H35BrN2O.C30H36N2O2.C28H30BrNO/c1-33(2,3)32(37)38-29-18-14-27(15-19-29)31(30(11-8-24-36)25-9-6-5-7-10-25)26-12-16-28(17-13-26)35-22-20-34(4)21-23-35;1-23(2)32-18-20-33(21-19-32)28-16-12-26(13-17-28)30(25-10-14-27(31)15-11-25)29(9-6-22-34)24-7-4-3-5-8-24;1-23(2)31-18-20-32(21-19-31)27-14-10-25(11-15-27)30(26-12-16-28(34)17-13-26)29(9-6-22-33)24-7-4-3-5-8-24;29-25-15-11-23(12-16-25)28(27(10-7-21-31)22-8-3-1-4-9-22)24-13-17-26(18-14-24)30-19-5-2-6-20-30/h5-7,9-10,12-19,36H,8,11,20-24H2,1-4H3;3-5,7-8,10-17,23,34H,6,9,18-22H2,1-2H3;3-5,7-8,10-17,23,33-34H,6,9,18-22H2,1-2H3;1,3-4,8-9,11-18,31H,2,5-7,10,19-21H2/b31-30+;30-29-;30-29+;28-27-. The summed E-state index contributed by atoms with van der Waals surface area (Å²) in [5.41, 5.74) is 28.2. The highest BCUT2D eigenvalue weighted by Crippen LogP contribution is 2.43. The zero-order chi connectivity index (χ0) is 96.4. The topological polar surface area (TPSA) is 150 Å². The van der Waals surface area contributed by atoms with Crippen LogP contribution in [0.5, 0.6) is 11.5 Å². The van der Waals surface area contributed by atoms with Gasteiger partial charge in [0.2, 0.25) is 0 Å². The van der Waals surface area contributed by atoms with Crippen LogP contribution in [0.4, 0.5) is 22.7 Å². The summed E-state index contributed by atoms with van der Waals surface area (Å²) in [5, 5.41) is 48.3. The maximum absolute atomic E-state index is 12.4. The van der Waals surface area contributed by atoms with Crippen LogP contribution in [-0.4, -0.2) is 183 Å². The van der Waals surface area contributed by atoms with Crippen LogP contribution in [0.15, 0.2) is 324 Å². The van der Waals surface area contributed by atoms with E-state index in [1.54, 1.807) is 12.1 Å². The summed E-state index contributed by atoms with van der Waals surface area (Å²) in [6, 6.07) is 111. The molecule has 0 amide bonds. The van der Waals surface area contributed by atoms with Gasteiger partial charge in [0, 0.05) is 162 Å². The van der Waals surface area contributed by atoms with Crippen LogP contribution in [0, 0.1) is 5.41 Å². The number of hydrogen-bond donors (Lipinski definition) is 5. The van der Waals surface area contributed by atoms with Crippen molar-refractivity contribution in [3.63, 3.8) is 0 Å². The third-order valence-electron chi connectivity index (χ3n) is 26.5. The first-order valence-electron chi connectivity index (χ1n) is 49.5. The molecule has 0 saturated carbocycles. The summed E-state index contributed by atoms with van der Waals surface area (Å²) in [4.78, 5) is 29.8. The van der Waals surface area contributed by atoms with E-state index in [9.17, 15) is 30.3 Å². The van der Waals surface area contributed by atoms with Gasteiger partial charge in [-0.25, -0.2) is 0 Å². The van der Waals surface area contributed by atoms with E-state index in [2.05, 4.69) is 356 Å². The number of carbonyl (C=O) groups is 1. The molecule has 12 aromatic rings. The van der Waals surface area contributed by atoms with Crippen molar-refractivity contribution in [3.8, 4) is 11.5 Å². The number of likely N-dealkylation sites (N-methyl/N-ethyl adjacent to an activating group) is 1. The maximum Gasteiger partial charge on any atom is 0.316 e. The van der Waals surface area contributed by atoms with Gasteiger partial charge in [0.1, 0.15) is 11.5 Å². The van der Waals surface area contributed by atoms with Crippen LogP contribution in [0.1, 0.15) is 186 Å². The van der Waals surface area contributed by atoms with E-state index in [-0.39, 0.29) is 38.1 Å². The van der Waals surface area contributed by atoms with Crippen molar-refractivity contribution >= 4 is 105 Å². The lowest BCUT2D eigenvalue weighted by Crippen LogP contribution is -2.48. The molecule has 4 fully saturated rings. The van der Waals surface area contributed by atoms with Gasteiger partial charge in [-0.15, -0.1) is 0 Å². The number of phenols is 1. The second-order valence-electron chi connectivity index (χ2n) is 37.7. The van der Waals surface area contributed by atoms with E-state index < -0.39 is 5.41 Å². The molecule has 12 aromatic carbocycles. The van der Waals surface area contributed by atoms with Crippen molar-refractivity contribution in [2.75, 3.05) is 145 Å². The number of ether oxygens (including phenoxy) is 1. The molecule has 5 N–H and O–H groups in total. The number of benzene rings is 12. The molecule has 14 nitrogen and oxygen atoms in total. The lowest BCUT2D eigenvalue weighted by Gasteiger charge is -2.38. The molecule has 16 heteroatoms. The zero-order valence-corrected chi connectivity index (χ0v) is 84.8. The highest BCUT2D eigenvalue weighted by Gasteiger charge is 2.28. The number of rotatable bonds is 31. The Balaban J connectivity index is 0.000000155. The predicted molar refractivity (Wildman–Crippen MR) is 582 cm³/mol. The summed E-state index contributed by atoms with van der Waals surface area (Å²) in [5.74, 6) is 0.541. The first-order chi connectivity index (χ1) is 66.6. The van der Waals surface area contributed by atoms with Gasteiger partial charge in [-0.3, -0.25) is 14.6 Å². The van der Waals surface area contributed by atoms with Gasteiger partial charge in [0.15, 0.2) is 0 Å². The Labute approximate surface area is 832 Å². The van der Waals surface area contributed by atoms with E-state index in [0.29, 0.717) is 30.7 Å². The minimum Gasteiger partial charge on any atom is -0.508 e. The number of piperidine rings is 1. The number of nitrogens with zero attached hydrogens (tertiary/aromatic N) is 7. The van der Waals surface area contributed by atoms with Crippen molar-refractivity contribution in [2.24, 2.45) is 5.41 Å². The van der Waals surface area contributed by atoms with Crippen molar-refractivity contribution in [2.45, 2.75) is 131 Å². The van der Waals surface area contributed by atoms with Crippen molar-refractivity contribution in [1.29, 1.82) is 0 Å². The number of aliphatic hydroxyl groups excluding tert-OH is 4. The van der Waals surface area contributed by atoms with E-state index >= 15 is 0 Å². The molecular formula is C121H141Br2N7O7. The van der Waals surface area contributed by atoms with Gasteiger partial charge >= 0.3 is 5.97 Å². The number of halogens is 2. The van der Waals surface area contributed by atoms with Crippen LogP contribution in [0.25, 0.3) is 44.6 Å². The summed E-state index contributed by atoms with van der Waals surface area (Å²) in [7, 11) is 2.17. The fourth-order valence-corrected chi connectivity index (χ4v) is 19.2. The number of esters is 1. The number of hydrogen-bond acceptors (Lipinski definition) is 14. The summed E-state index contributed by atoms with van der Waals surface area (Å²) in [6.07, 6.45) is 9.95. The second-order valence-corrected chi connectivity index (χ2v) is 39.5. The van der Waals surface area contributed by atoms with Gasteiger partial charge in [0.05, 0.1) is 5.41 Å². The van der Waals surface area contributed by atoms with Crippen LogP contribution >= 0.6 is 31.9 Å². The highest BCUT2D eigenvalue weighted by atomic mass is 79.9. The Kier molecular flexibility index (Phi) is 39.5. The molecule has 16 rings (SSSR count). The number of anilines is 4. The number of piperazine rings is 3. The Bertz CT molecular complexity index is 5610. The summed E-state index contributed by atoms with van der Waals surface area (Å²) in [6.45, 7) is 30.4. The number of carbonyl (C=O) groups excluding carboxylic acids is 1. The average Bonchev–Trinajstić information content (AvgIpc) is 0.807. The Morgan fingerprint density at radius 1 is 0.299 bits per heavy atom. The normalized spacial score (nSPS) is 15.3. The minimum atomic E-state index is -0.569. The van der Waals surface area contributed by atoms with E-state index in [1.165, 1.54) is 109 Å². The van der Waals surface area contributed by atoms with Crippen molar-refractivity contribution in [1.82, 2.24) is 14.7 Å². The zero-order valence-electron chi connectivity index (χ0n) is 81.6. The van der Waals surface area contributed by atoms with Gasteiger partial charge < -0.3 is 54.8 Å². The molecule has 4 heterocycles. The minimum absolute atomic E-state index is 0.133. The quantitative estimate of drug-likeness (QED) is 0.0159. The van der Waals surface area contributed by atoms with E-state index in [0.717, 1.165) is 184 Å². The molecule has 4 aliphatic heterocycles. The predicted octanol–water partition coefficient (Wildman–Crippen LogP) is 25.7. The van der Waals surface area contributed by atoms with Crippen molar-refractivity contribution < 1.29 is 35.1 Å². The Morgan fingerprint density at radius 3 is 0.781 bits per heavy atom.